The van der Waals surface area contributed by atoms with Gasteiger partial charge in [0.05, 0.1) is 30.3 Å². The molecule has 3 rings (SSSR count). The van der Waals surface area contributed by atoms with Crippen molar-refractivity contribution in [3.8, 4) is 0 Å². The molecule has 2 aromatic heterocycles. The van der Waals surface area contributed by atoms with Crippen molar-refractivity contribution < 1.29 is 14.3 Å². The van der Waals surface area contributed by atoms with Crippen molar-refractivity contribution >= 4 is 17.8 Å². The third-order valence-electron chi connectivity index (χ3n) is 3.71. The van der Waals surface area contributed by atoms with Crippen LogP contribution < -0.4 is 5.32 Å². The van der Waals surface area contributed by atoms with Crippen molar-refractivity contribution in [2.24, 2.45) is 0 Å². The van der Waals surface area contributed by atoms with Gasteiger partial charge in [0.1, 0.15) is 11.4 Å². The zero-order chi connectivity index (χ0) is 18.0. The summed E-state index contributed by atoms with van der Waals surface area (Å²) in [5, 5.41) is 2.72. The van der Waals surface area contributed by atoms with Gasteiger partial charge in [-0.3, -0.25) is 9.78 Å². The number of hydrogen-bond acceptors (Lipinski definition) is 5. The molecule has 2 N–H and O–H groups in total. The van der Waals surface area contributed by atoms with Crippen molar-refractivity contribution in [2.45, 2.75) is 39.3 Å². The van der Waals surface area contributed by atoms with E-state index in [0.29, 0.717) is 30.9 Å². The fourth-order valence-electron chi connectivity index (χ4n) is 2.54. The molecule has 2 aromatic rings. The number of aromatic nitrogens is 3. The molecule has 0 atom stereocenters. The smallest absolute Gasteiger partial charge is 0.410 e. The van der Waals surface area contributed by atoms with Crippen LogP contribution >= 0.6 is 0 Å². The number of aromatic amines is 1. The van der Waals surface area contributed by atoms with E-state index < -0.39 is 5.60 Å². The van der Waals surface area contributed by atoms with E-state index in [4.69, 9.17) is 4.74 Å². The Morgan fingerprint density at radius 3 is 2.80 bits per heavy atom. The Bertz CT molecular complexity index is 780. The molecule has 0 saturated carbocycles. The average Bonchev–Trinajstić information content (AvgIpc) is 3.05. The molecule has 0 fully saturated rings. The monoisotopic (exact) mass is 343 g/mol. The van der Waals surface area contributed by atoms with Crippen LogP contribution in [-0.2, 0) is 17.7 Å². The van der Waals surface area contributed by atoms with E-state index in [0.717, 1.165) is 11.3 Å². The quantitative estimate of drug-likeness (QED) is 0.872. The van der Waals surface area contributed by atoms with Crippen LogP contribution in [0.3, 0.4) is 0 Å². The molecule has 3 heterocycles. The Balaban J connectivity index is 1.69. The Kier molecular flexibility index (Phi) is 4.43. The van der Waals surface area contributed by atoms with Crippen molar-refractivity contribution in [3.05, 3.63) is 41.6 Å². The predicted octanol–water partition coefficient (Wildman–Crippen LogP) is 2.35. The summed E-state index contributed by atoms with van der Waals surface area (Å²) in [5.74, 6) is 0.271. The number of carbonyl (C=O) groups is 2. The number of anilines is 1. The normalized spacial score (nSPS) is 14.0. The summed E-state index contributed by atoms with van der Waals surface area (Å²) in [6.45, 7) is 6.44. The summed E-state index contributed by atoms with van der Waals surface area (Å²) in [6, 6.07) is 1.82. The molecule has 0 spiro atoms. The molecular formula is C17H21N5O3. The highest BCUT2D eigenvalue weighted by atomic mass is 16.6. The minimum atomic E-state index is -0.528. The molecule has 8 heteroatoms. The van der Waals surface area contributed by atoms with E-state index in [9.17, 15) is 9.59 Å². The lowest BCUT2D eigenvalue weighted by Crippen LogP contribution is -2.40. The topological polar surface area (TPSA) is 100 Å². The maximum absolute atomic E-state index is 12.2. The summed E-state index contributed by atoms with van der Waals surface area (Å²) < 4.78 is 5.40. The van der Waals surface area contributed by atoms with E-state index in [1.807, 2.05) is 26.8 Å². The fraction of sp³-hybridized carbons (Fsp3) is 0.412. The highest BCUT2D eigenvalue weighted by Crippen LogP contribution is 2.21. The SMILES string of the molecule is CC(C)(C)OC(=O)N1CCc2cc(C(=O)Nc3cnc[nH]3)cnc2C1. The van der Waals surface area contributed by atoms with Gasteiger partial charge in [-0.15, -0.1) is 0 Å². The second-order valence-electron chi connectivity index (χ2n) is 6.90. The van der Waals surface area contributed by atoms with Gasteiger partial charge in [0.15, 0.2) is 0 Å². The molecule has 1 aliphatic heterocycles. The van der Waals surface area contributed by atoms with Crippen LogP contribution in [0, 0.1) is 0 Å². The largest absolute Gasteiger partial charge is 0.444 e. The number of pyridine rings is 1. The fourth-order valence-corrected chi connectivity index (χ4v) is 2.54. The van der Waals surface area contributed by atoms with Crippen LogP contribution in [0.4, 0.5) is 10.6 Å². The summed E-state index contributed by atoms with van der Waals surface area (Å²) in [7, 11) is 0. The Morgan fingerprint density at radius 2 is 2.12 bits per heavy atom. The number of nitrogens with zero attached hydrogens (tertiary/aromatic N) is 3. The molecule has 0 aliphatic carbocycles. The van der Waals surface area contributed by atoms with Crippen molar-refractivity contribution in [2.75, 3.05) is 11.9 Å². The molecule has 0 saturated heterocycles. The van der Waals surface area contributed by atoms with Gasteiger partial charge < -0.3 is 19.9 Å². The molecule has 2 amide bonds. The maximum atomic E-state index is 12.2. The first-order valence-electron chi connectivity index (χ1n) is 8.07. The second-order valence-corrected chi connectivity index (χ2v) is 6.90. The number of rotatable bonds is 2. The maximum Gasteiger partial charge on any atom is 0.410 e. The molecular weight excluding hydrogens is 322 g/mol. The third kappa shape index (κ3) is 4.14. The van der Waals surface area contributed by atoms with Crippen LogP contribution in [0.25, 0.3) is 0 Å². The number of H-pyrrole nitrogens is 1. The van der Waals surface area contributed by atoms with Gasteiger partial charge in [0, 0.05) is 12.7 Å². The van der Waals surface area contributed by atoms with E-state index in [1.54, 1.807) is 4.90 Å². The Morgan fingerprint density at radius 1 is 1.32 bits per heavy atom. The number of imidazole rings is 1. The Hall–Kier alpha value is -2.90. The van der Waals surface area contributed by atoms with Crippen molar-refractivity contribution in [1.29, 1.82) is 0 Å². The van der Waals surface area contributed by atoms with Crippen molar-refractivity contribution in [3.63, 3.8) is 0 Å². The van der Waals surface area contributed by atoms with E-state index in [1.165, 1.54) is 18.7 Å². The van der Waals surface area contributed by atoms with Gasteiger partial charge in [-0.05, 0) is 38.8 Å². The third-order valence-corrected chi connectivity index (χ3v) is 3.71. The predicted molar refractivity (Wildman–Crippen MR) is 91.1 cm³/mol. The molecule has 132 valence electrons. The van der Waals surface area contributed by atoms with Gasteiger partial charge in [0.25, 0.3) is 5.91 Å². The van der Waals surface area contributed by atoms with Gasteiger partial charge in [0.2, 0.25) is 0 Å². The molecule has 0 unspecified atom stereocenters. The van der Waals surface area contributed by atoms with Crippen LogP contribution in [0.15, 0.2) is 24.8 Å². The number of fused-ring (bicyclic) bond motifs is 1. The van der Waals surface area contributed by atoms with Crippen LogP contribution in [0.5, 0.6) is 0 Å². The van der Waals surface area contributed by atoms with E-state index in [2.05, 4.69) is 20.3 Å². The van der Waals surface area contributed by atoms with Gasteiger partial charge >= 0.3 is 6.09 Å². The minimum absolute atomic E-state index is 0.255. The highest BCUT2D eigenvalue weighted by Gasteiger charge is 2.26. The van der Waals surface area contributed by atoms with Crippen LogP contribution in [-0.4, -0.2) is 44.0 Å². The Labute approximate surface area is 145 Å². The molecule has 0 radical (unpaired) electrons. The first-order chi connectivity index (χ1) is 11.8. The summed E-state index contributed by atoms with van der Waals surface area (Å²) >= 11 is 0. The zero-order valence-electron chi connectivity index (χ0n) is 14.5. The summed E-state index contributed by atoms with van der Waals surface area (Å²) in [4.78, 5) is 37.1. The number of amides is 2. The zero-order valence-corrected chi connectivity index (χ0v) is 14.5. The molecule has 8 nitrogen and oxygen atoms in total. The first kappa shape index (κ1) is 16.9. The lowest BCUT2D eigenvalue weighted by Gasteiger charge is -2.30. The minimum Gasteiger partial charge on any atom is -0.444 e. The first-order valence-corrected chi connectivity index (χ1v) is 8.07. The summed E-state index contributed by atoms with van der Waals surface area (Å²) in [5.41, 5.74) is 1.70. The van der Waals surface area contributed by atoms with E-state index in [-0.39, 0.29) is 12.0 Å². The molecule has 1 aliphatic rings. The summed E-state index contributed by atoms with van der Waals surface area (Å²) in [6.07, 6.45) is 4.82. The molecule has 0 bridgehead atoms. The van der Waals surface area contributed by atoms with E-state index >= 15 is 0 Å². The number of hydrogen-bond donors (Lipinski definition) is 2. The second kappa shape index (κ2) is 6.54. The number of ether oxygens (including phenoxy) is 1. The number of nitrogens with one attached hydrogen (secondary N) is 2. The molecule has 25 heavy (non-hydrogen) atoms. The average molecular weight is 343 g/mol. The standard InChI is InChI=1S/C17H21N5O3/c1-17(2,3)25-16(24)22-5-4-11-6-12(7-19-13(11)9-22)15(23)21-14-8-18-10-20-14/h6-8,10H,4-5,9H2,1-3H3,(H,18,20)(H,21,23). The highest BCUT2D eigenvalue weighted by molar-refractivity contribution is 6.03. The molecule has 0 aromatic carbocycles. The lowest BCUT2D eigenvalue weighted by atomic mass is 10.0. The lowest BCUT2D eigenvalue weighted by molar-refractivity contribution is 0.0220. The van der Waals surface area contributed by atoms with Crippen molar-refractivity contribution in [1.82, 2.24) is 19.9 Å². The number of carbonyl (C=O) groups excluding carboxylic acids is 2. The van der Waals surface area contributed by atoms with Crippen LogP contribution in [0.2, 0.25) is 0 Å². The van der Waals surface area contributed by atoms with Gasteiger partial charge in [-0.25, -0.2) is 9.78 Å². The van der Waals surface area contributed by atoms with Gasteiger partial charge in [-0.1, -0.05) is 0 Å². The van der Waals surface area contributed by atoms with Crippen LogP contribution in [0.1, 0.15) is 42.4 Å². The van der Waals surface area contributed by atoms with Gasteiger partial charge in [-0.2, -0.15) is 0 Å².